The molecule has 3 amide bonds. The normalized spacial score (nSPS) is 23.0. The van der Waals surface area contributed by atoms with E-state index in [2.05, 4.69) is 9.62 Å². The first-order valence-corrected chi connectivity index (χ1v) is 13.0. The van der Waals surface area contributed by atoms with Gasteiger partial charge in [-0.05, 0) is 68.1 Å². The molecule has 7 nitrogen and oxygen atoms in total. The number of fused-ring (bicyclic) bond motifs is 1. The zero-order valence-electron chi connectivity index (χ0n) is 19.8. The Labute approximate surface area is 219 Å². The highest BCUT2D eigenvalue weighted by molar-refractivity contribution is 7.97. The molecule has 2 aromatic rings. The summed E-state index contributed by atoms with van der Waals surface area (Å²) in [6.07, 6.45) is 0.497. The van der Waals surface area contributed by atoms with E-state index in [-0.39, 0.29) is 24.0 Å². The minimum Gasteiger partial charge on any atom is -0.346 e. The minimum absolute atomic E-state index is 0.0342. The summed E-state index contributed by atoms with van der Waals surface area (Å²) in [6.45, 7) is 6.58. The molecule has 35 heavy (non-hydrogen) atoms. The van der Waals surface area contributed by atoms with Crippen LogP contribution in [0.5, 0.6) is 0 Å². The molecule has 4 rings (SSSR count). The topological polar surface area (TPSA) is 73.0 Å². The van der Waals surface area contributed by atoms with Crippen molar-refractivity contribution in [3.63, 3.8) is 0 Å². The number of hydrogen-bond donors (Lipinski definition) is 1. The lowest BCUT2D eigenvalue weighted by Gasteiger charge is -2.54. The Morgan fingerprint density at radius 3 is 2.43 bits per heavy atom. The van der Waals surface area contributed by atoms with E-state index in [1.165, 1.54) is 11.9 Å². The van der Waals surface area contributed by atoms with E-state index >= 15 is 0 Å². The van der Waals surface area contributed by atoms with Crippen molar-refractivity contribution in [2.45, 2.75) is 56.4 Å². The molecular formula is C25H28Cl2N4O3S. The summed E-state index contributed by atoms with van der Waals surface area (Å²) < 4.78 is 2.05. The van der Waals surface area contributed by atoms with Crippen LogP contribution in [0.2, 0.25) is 10.0 Å². The molecule has 0 radical (unpaired) electrons. The van der Waals surface area contributed by atoms with Crippen LogP contribution < -0.4 is 5.32 Å². The fraction of sp³-hybridized carbons (Fsp3) is 0.400. The first-order valence-electron chi connectivity index (χ1n) is 11.5. The number of rotatable bonds is 7. The molecule has 1 N–H and O–H groups in total. The van der Waals surface area contributed by atoms with Gasteiger partial charge in [-0.1, -0.05) is 41.4 Å². The number of nitrogens with one attached hydrogen (secondary N) is 1. The molecule has 2 fully saturated rings. The van der Waals surface area contributed by atoms with Crippen molar-refractivity contribution in [1.82, 2.24) is 19.4 Å². The first-order chi connectivity index (χ1) is 16.7. The van der Waals surface area contributed by atoms with Gasteiger partial charge in [-0.25, -0.2) is 4.31 Å². The van der Waals surface area contributed by atoms with Crippen LogP contribution in [0.1, 0.15) is 25.0 Å². The lowest BCUT2D eigenvalue weighted by molar-refractivity contribution is -0.168. The van der Waals surface area contributed by atoms with E-state index in [0.717, 1.165) is 16.0 Å². The monoisotopic (exact) mass is 534 g/mol. The summed E-state index contributed by atoms with van der Waals surface area (Å²) in [5.74, 6) is -0.366. The summed E-state index contributed by atoms with van der Waals surface area (Å²) >= 11 is 14.0. The van der Waals surface area contributed by atoms with Gasteiger partial charge < -0.3 is 15.1 Å². The van der Waals surface area contributed by atoms with Crippen LogP contribution in [0.4, 0.5) is 0 Å². The van der Waals surface area contributed by atoms with Gasteiger partial charge in [0.05, 0.1) is 11.6 Å². The van der Waals surface area contributed by atoms with Crippen molar-refractivity contribution in [1.29, 1.82) is 0 Å². The smallest absolute Gasteiger partial charge is 0.248 e. The Morgan fingerprint density at radius 1 is 1.09 bits per heavy atom. The van der Waals surface area contributed by atoms with E-state index < -0.39 is 12.1 Å². The predicted octanol–water partition coefficient (Wildman–Crippen LogP) is 3.76. The van der Waals surface area contributed by atoms with Crippen LogP contribution in [-0.4, -0.2) is 69.7 Å². The van der Waals surface area contributed by atoms with E-state index in [4.69, 9.17) is 23.2 Å². The Hall–Kier alpha value is -2.26. The number of piperazine rings is 1. The molecule has 0 bridgehead atoms. The molecule has 0 aromatic heterocycles. The third kappa shape index (κ3) is 5.45. The van der Waals surface area contributed by atoms with Gasteiger partial charge in [0, 0.05) is 28.9 Å². The Balaban J connectivity index is 1.73. The molecule has 2 aromatic carbocycles. The molecule has 186 valence electrons. The van der Waals surface area contributed by atoms with E-state index in [1.54, 1.807) is 17.0 Å². The van der Waals surface area contributed by atoms with Crippen LogP contribution in [-0.2, 0) is 20.8 Å². The number of benzene rings is 2. The standard InChI is InChI=1S/C25H28Cl2N4O3S/c1-15(2)29-13-23-30(35-22-9-4-16(3)10-19(22)27)12-20(28-14-32)24(33)31(23)21(25(29)34)11-17-5-7-18(26)8-6-17/h4-10,14-15,20-21,23H,11-13H2,1-3H3,(H,28,32). The number of carbonyl (C=O) groups excluding carboxylic acids is 3. The molecule has 2 aliphatic heterocycles. The number of halogens is 2. The van der Waals surface area contributed by atoms with Crippen LogP contribution in [0.3, 0.4) is 0 Å². The Kier molecular flexibility index (Phi) is 7.96. The molecule has 3 atom stereocenters. The third-order valence-corrected chi connectivity index (χ3v) is 8.23. The van der Waals surface area contributed by atoms with Gasteiger partial charge in [0.1, 0.15) is 18.2 Å². The molecule has 2 saturated heterocycles. The maximum Gasteiger partial charge on any atom is 0.248 e. The summed E-state index contributed by atoms with van der Waals surface area (Å²) in [5.41, 5.74) is 1.95. The first kappa shape index (κ1) is 25.8. The van der Waals surface area contributed by atoms with Gasteiger partial charge in [-0.15, -0.1) is 0 Å². The van der Waals surface area contributed by atoms with Crippen molar-refractivity contribution < 1.29 is 14.4 Å². The second kappa shape index (κ2) is 10.8. The number of amides is 3. The third-order valence-electron chi connectivity index (χ3n) is 6.37. The molecule has 0 saturated carbocycles. The molecule has 2 aliphatic rings. The summed E-state index contributed by atoms with van der Waals surface area (Å²) in [7, 11) is 0. The van der Waals surface area contributed by atoms with E-state index in [0.29, 0.717) is 36.0 Å². The van der Waals surface area contributed by atoms with Crippen molar-refractivity contribution >= 4 is 53.4 Å². The zero-order chi connectivity index (χ0) is 25.3. The lowest BCUT2D eigenvalue weighted by Crippen LogP contribution is -2.74. The largest absolute Gasteiger partial charge is 0.346 e. The van der Waals surface area contributed by atoms with Crippen LogP contribution in [0.15, 0.2) is 47.4 Å². The van der Waals surface area contributed by atoms with Gasteiger partial charge in [0.15, 0.2) is 0 Å². The highest BCUT2D eigenvalue weighted by atomic mass is 35.5. The van der Waals surface area contributed by atoms with Gasteiger partial charge in [-0.2, -0.15) is 0 Å². The number of nitrogens with zero attached hydrogens (tertiary/aromatic N) is 3. The van der Waals surface area contributed by atoms with Crippen LogP contribution in [0.25, 0.3) is 0 Å². The van der Waals surface area contributed by atoms with Gasteiger partial charge >= 0.3 is 0 Å². The van der Waals surface area contributed by atoms with Crippen LogP contribution in [0, 0.1) is 6.92 Å². The maximum atomic E-state index is 13.6. The lowest BCUT2D eigenvalue weighted by atomic mass is 9.96. The molecule has 10 heteroatoms. The SMILES string of the molecule is Cc1ccc(SN2CC(NC=O)C(=O)N3C(Cc4ccc(Cl)cc4)C(=O)N(C(C)C)CC23)c(Cl)c1. The fourth-order valence-corrected chi connectivity index (χ4v) is 6.07. The summed E-state index contributed by atoms with van der Waals surface area (Å²) in [4.78, 5) is 42.9. The molecule has 2 heterocycles. The number of hydrogen-bond acceptors (Lipinski definition) is 5. The zero-order valence-corrected chi connectivity index (χ0v) is 22.1. The van der Waals surface area contributed by atoms with E-state index in [1.807, 2.05) is 56.0 Å². The number of aryl methyl sites for hydroxylation is 1. The summed E-state index contributed by atoms with van der Waals surface area (Å²) in [5, 5.41) is 3.86. The molecule has 3 unspecified atom stereocenters. The summed E-state index contributed by atoms with van der Waals surface area (Å²) in [6, 6.07) is 11.6. The van der Waals surface area contributed by atoms with Crippen molar-refractivity contribution in [2.75, 3.05) is 13.1 Å². The van der Waals surface area contributed by atoms with Gasteiger partial charge in [0.2, 0.25) is 18.2 Å². The molecule has 0 aliphatic carbocycles. The maximum absolute atomic E-state index is 13.6. The highest BCUT2D eigenvalue weighted by Gasteiger charge is 2.51. The second-order valence-electron chi connectivity index (χ2n) is 9.12. The molecular weight excluding hydrogens is 507 g/mol. The quantitative estimate of drug-likeness (QED) is 0.432. The van der Waals surface area contributed by atoms with Gasteiger partial charge in [0.25, 0.3) is 0 Å². The average Bonchev–Trinajstić information content (AvgIpc) is 2.81. The Morgan fingerprint density at radius 2 is 1.80 bits per heavy atom. The fourth-order valence-electron chi connectivity index (χ4n) is 4.57. The van der Waals surface area contributed by atoms with E-state index in [9.17, 15) is 14.4 Å². The van der Waals surface area contributed by atoms with Crippen molar-refractivity contribution in [2.24, 2.45) is 0 Å². The number of carbonyl (C=O) groups is 3. The van der Waals surface area contributed by atoms with Crippen molar-refractivity contribution in [3.8, 4) is 0 Å². The van der Waals surface area contributed by atoms with Crippen LogP contribution >= 0.6 is 35.1 Å². The van der Waals surface area contributed by atoms with Gasteiger partial charge in [-0.3, -0.25) is 14.4 Å². The highest BCUT2D eigenvalue weighted by Crippen LogP contribution is 2.37. The molecule has 0 spiro atoms. The predicted molar refractivity (Wildman–Crippen MR) is 138 cm³/mol. The van der Waals surface area contributed by atoms with Crippen molar-refractivity contribution in [3.05, 3.63) is 63.6 Å². The second-order valence-corrected chi connectivity index (χ2v) is 11.1. The average molecular weight is 535 g/mol. The Bertz CT molecular complexity index is 1110. The minimum atomic E-state index is -0.772.